The Hall–Kier alpha value is -6.46. The summed E-state index contributed by atoms with van der Waals surface area (Å²) in [4.78, 5) is 24.9. The molecule has 0 aliphatic carbocycles. The standard InChI is InChI=1S/C68H72N4O3S2/c1-3-62(70-75-2)65-61(53-40-39-51-25-22-23-26-52(51)47-53)48-60-49-63(73)66(65)72(60)43-24-42-71(44-46-77-68(57-33-16-7-17-34-57,58-35-18-8-19-36-58)59-37-20-9-21-38-59)50-64(74)69-41-45-76-67(54-27-10-4-11-28-54,55-29-12-5-13-30-55)56-31-14-6-15-32-56/h4-23,25-40,47,60-61,63,65-66,73H,3,24,41-46,48-50H2,1-2H3,(H,69,74)/b70-62+/t60?,61-,63+,65+,66?/m0/s1. The van der Waals surface area contributed by atoms with Crippen LogP contribution in [0.1, 0.15) is 77.5 Å². The normalized spacial score (nSPS) is 18.9. The minimum Gasteiger partial charge on any atom is -0.399 e. The van der Waals surface area contributed by atoms with Crippen LogP contribution in [0.15, 0.2) is 230 Å². The van der Waals surface area contributed by atoms with E-state index in [0.29, 0.717) is 18.8 Å². The first-order valence-electron chi connectivity index (χ1n) is 27.6. The first-order chi connectivity index (χ1) is 37.9. The van der Waals surface area contributed by atoms with E-state index in [1.54, 1.807) is 7.11 Å². The maximum Gasteiger partial charge on any atom is 0.234 e. The lowest BCUT2D eigenvalue weighted by molar-refractivity contribution is -0.122. The average molecular weight is 1060 g/mol. The van der Waals surface area contributed by atoms with Gasteiger partial charge in [-0.1, -0.05) is 237 Å². The Bertz CT molecular complexity index is 2940. The van der Waals surface area contributed by atoms with Crippen molar-refractivity contribution < 1.29 is 14.7 Å². The molecule has 2 fully saturated rings. The van der Waals surface area contributed by atoms with Crippen LogP contribution in [0.2, 0.25) is 0 Å². The van der Waals surface area contributed by atoms with Gasteiger partial charge in [0.05, 0.1) is 27.9 Å². The number of aliphatic hydroxyl groups excluding tert-OH is 1. The molecule has 0 spiro atoms. The number of nitrogens with zero attached hydrogens (tertiary/aromatic N) is 3. The van der Waals surface area contributed by atoms with Crippen molar-refractivity contribution in [2.75, 3.05) is 51.3 Å². The SMILES string of the molecule is CC/C(=N\OC)[C@@H]1C2[C@H](O)CC(C[C@H]1c1ccc3ccccc3c1)N2CCCN(CCSC(c1ccccc1)(c1ccccc1)c1ccccc1)CC(=O)NCCSC(c1ccccc1)(c1ccccc1)c1ccccc1. The van der Waals surface area contributed by atoms with Crippen LogP contribution in [0.4, 0.5) is 0 Å². The molecule has 2 aliphatic heterocycles. The van der Waals surface area contributed by atoms with Crippen LogP contribution in [-0.2, 0) is 19.1 Å². The number of carbonyl (C=O) groups is 1. The molecule has 1 amide bonds. The minimum atomic E-state index is -0.480. The third-order valence-electron chi connectivity index (χ3n) is 16.1. The highest BCUT2D eigenvalue weighted by Crippen LogP contribution is 2.51. The topological polar surface area (TPSA) is 77.4 Å². The van der Waals surface area contributed by atoms with E-state index in [-0.39, 0.29) is 36.4 Å². The first kappa shape index (κ1) is 53.9. The van der Waals surface area contributed by atoms with Gasteiger partial charge >= 0.3 is 0 Å². The van der Waals surface area contributed by atoms with E-state index in [2.05, 4.69) is 252 Å². The van der Waals surface area contributed by atoms with Crippen LogP contribution in [0.3, 0.4) is 0 Å². The number of carbonyl (C=O) groups excluding carboxylic acids is 1. The fourth-order valence-electron chi connectivity index (χ4n) is 12.7. The third kappa shape index (κ3) is 11.9. The molecule has 0 saturated carbocycles. The fraction of sp³-hybridized carbons (Fsp3) is 0.294. The number of fused-ring (bicyclic) bond motifs is 3. The Kier molecular flexibility index (Phi) is 18.1. The zero-order chi connectivity index (χ0) is 52.9. The molecule has 7 nitrogen and oxygen atoms in total. The molecule has 2 saturated heterocycles. The van der Waals surface area contributed by atoms with Gasteiger partial charge in [-0.3, -0.25) is 14.6 Å². The number of hydrogen-bond donors (Lipinski definition) is 2. The number of benzene rings is 8. The molecular weight excluding hydrogens is 985 g/mol. The van der Waals surface area contributed by atoms with Gasteiger partial charge in [-0.25, -0.2) is 0 Å². The van der Waals surface area contributed by atoms with Crippen molar-refractivity contribution >= 4 is 45.9 Å². The van der Waals surface area contributed by atoms with Gasteiger partial charge in [-0.2, -0.15) is 0 Å². The largest absolute Gasteiger partial charge is 0.399 e. The van der Waals surface area contributed by atoms with E-state index in [4.69, 9.17) is 4.84 Å². The predicted molar refractivity (Wildman–Crippen MR) is 322 cm³/mol. The molecule has 394 valence electrons. The summed E-state index contributed by atoms with van der Waals surface area (Å²) >= 11 is 3.81. The fourth-order valence-corrected chi connectivity index (χ4v) is 15.6. The van der Waals surface area contributed by atoms with Crippen LogP contribution in [0, 0.1) is 5.92 Å². The summed E-state index contributed by atoms with van der Waals surface area (Å²) < 4.78 is -0.943. The second-order valence-electron chi connectivity index (χ2n) is 20.5. The van der Waals surface area contributed by atoms with Crippen LogP contribution >= 0.6 is 23.5 Å². The van der Waals surface area contributed by atoms with Gasteiger partial charge in [0.15, 0.2) is 0 Å². The molecular formula is C68H72N4O3S2. The van der Waals surface area contributed by atoms with E-state index in [1.807, 2.05) is 23.5 Å². The molecule has 10 rings (SSSR count). The average Bonchev–Trinajstić information content (AvgIpc) is 3.75. The monoisotopic (exact) mass is 1060 g/mol. The molecule has 2 N–H and O–H groups in total. The Labute approximate surface area is 465 Å². The predicted octanol–water partition coefficient (Wildman–Crippen LogP) is 13.4. The van der Waals surface area contributed by atoms with Gasteiger partial charge < -0.3 is 15.3 Å². The van der Waals surface area contributed by atoms with E-state index in [0.717, 1.165) is 50.2 Å². The van der Waals surface area contributed by atoms with Crippen LogP contribution < -0.4 is 5.32 Å². The molecule has 2 bridgehead atoms. The minimum absolute atomic E-state index is 0.00231. The van der Waals surface area contributed by atoms with Gasteiger partial charge in [-0.15, -0.1) is 23.5 Å². The summed E-state index contributed by atoms with van der Waals surface area (Å²) in [7, 11) is 1.63. The second-order valence-corrected chi connectivity index (χ2v) is 23.1. The number of oxime groups is 1. The summed E-state index contributed by atoms with van der Waals surface area (Å²) in [5, 5.41) is 22.5. The van der Waals surface area contributed by atoms with Crippen molar-refractivity contribution in [1.29, 1.82) is 0 Å². The molecule has 2 unspecified atom stereocenters. The lowest BCUT2D eigenvalue weighted by Crippen LogP contribution is -2.53. The zero-order valence-corrected chi connectivity index (χ0v) is 46.1. The Morgan fingerprint density at radius 3 is 1.57 bits per heavy atom. The van der Waals surface area contributed by atoms with Gasteiger partial charge in [0.2, 0.25) is 5.91 Å². The van der Waals surface area contributed by atoms with Crippen molar-refractivity contribution in [3.05, 3.63) is 263 Å². The summed E-state index contributed by atoms with van der Waals surface area (Å²) in [5.74, 6) is 1.71. The van der Waals surface area contributed by atoms with Gasteiger partial charge in [0, 0.05) is 49.1 Å². The van der Waals surface area contributed by atoms with Gasteiger partial charge in [0.1, 0.15) is 7.11 Å². The number of nitrogens with one attached hydrogen (secondary N) is 1. The van der Waals surface area contributed by atoms with Crippen molar-refractivity contribution in [2.45, 2.75) is 66.2 Å². The van der Waals surface area contributed by atoms with Crippen molar-refractivity contribution in [1.82, 2.24) is 15.1 Å². The van der Waals surface area contributed by atoms with Crippen molar-refractivity contribution in [2.24, 2.45) is 11.1 Å². The van der Waals surface area contributed by atoms with E-state index in [9.17, 15) is 9.90 Å². The van der Waals surface area contributed by atoms with E-state index >= 15 is 0 Å². The molecule has 2 aliphatic rings. The molecule has 8 aromatic rings. The molecule has 77 heavy (non-hydrogen) atoms. The summed E-state index contributed by atoms with van der Waals surface area (Å²) in [6, 6.07) is 80.4. The molecule has 0 radical (unpaired) electrons. The highest BCUT2D eigenvalue weighted by atomic mass is 32.2. The van der Waals surface area contributed by atoms with Gasteiger partial charge in [0.25, 0.3) is 0 Å². The lowest BCUT2D eigenvalue weighted by Gasteiger charge is -2.46. The number of aliphatic hydroxyl groups is 1. The molecule has 0 aromatic heterocycles. The Morgan fingerprint density at radius 1 is 0.623 bits per heavy atom. The second kappa shape index (κ2) is 25.8. The molecule has 5 atom stereocenters. The molecule has 2 heterocycles. The van der Waals surface area contributed by atoms with E-state index < -0.39 is 15.6 Å². The smallest absolute Gasteiger partial charge is 0.234 e. The zero-order valence-electron chi connectivity index (χ0n) is 44.4. The molecule has 9 heteroatoms. The number of piperidine rings is 1. The van der Waals surface area contributed by atoms with Gasteiger partial charge in [-0.05, 0) is 87.9 Å². The summed E-state index contributed by atoms with van der Waals surface area (Å²) in [6.07, 6.45) is 2.77. The van der Waals surface area contributed by atoms with Crippen LogP contribution in [0.25, 0.3) is 10.8 Å². The Balaban J connectivity index is 0.894. The maximum absolute atomic E-state index is 14.5. The number of hydrogen-bond acceptors (Lipinski definition) is 8. The number of rotatable bonds is 24. The summed E-state index contributed by atoms with van der Waals surface area (Å²) in [5.41, 5.74) is 9.58. The lowest BCUT2D eigenvalue weighted by atomic mass is 9.72. The first-order valence-corrected chi connectivity index (χ1v) is 29.5. The highest BCUT2D eigenvalue weighted by Gasteiger charge is 2.53. The number of thioether (sulfide) groups is 2. The quantitative estimate of drug-likeness (QED) is 0.0270. The Morgan fingerprint density at radius 2 is 1.09 bits per heavy atom. The highest BCUT2D eigenvalue weighted by molar-refractivity contribution is 8.00. The summed E-state index contributed by atoms with van der Waals surface area (Å²) in [6.45, 7) is 5.21. The third-order valence-corrected chi connectivity index (χ3v) is 19.1. The van der Waals surface area contributed by atoms with Crippen LogP contribution in [-0.4, -0.2) is 96.1 Å². The van der Waals surface area contributed by atoms with E-state index in [1.165, 1.54) is 49.7 Å². The molecule has 8 aromatic carbocycles. The van der Waals surface area contributed by atoms with Crippen LogP contribution in [0.5, 0.6) is 0 Å². The maximum atomic E-state index is 14.5. The van der Waals surface area contributed by atoms with Crippen molar-refractivity contribution in [3.8, 4) is 0 Å². The number of amides is 1. The van der Waals surface area contributed by atoms with Crippen molar-refractivity contribution in [3.63, 3.8) is 0 Å².